The molecule has 0 aliphatic carbocycles. The molecule has 1 fully saturated rings. The first-order valence-corrected chi connectivity index (χ1v) is 11.6. The third-order valence-electron chi connectivity index (χ3n) is 5.04. The summed E-state index contributed by atoms with van der Waals surface area (Å²) in [5, 5.41) is 18.1. The molecular formula is C25H21NO6S2. The maximum absolute atomic E-state index is 12.9. The van der Waals surface area contributed by atoms with E-state index in [0.717, 1.165) is 11.1 Å². The number of ether oxygens (including phenoxy) is 1. The number of furan rings is 1. The van der Waals surface area contributed by atoms with E-state index in [4.69, 9.17) is 31.6 Å². The van der Waals surface area contributed by atoms with Crippen LogP contribution < -0.4 is 0 Å². The lowest BCUT2D eigenvalue weighted by atomic mass is 10.1. The van der Waals surface area contributed by atoms with Crippen LogP contribution in [0, 0.1) is 0 Å². The number of hydrogen-bond donors (Lipinski definition) is 2. The number of carbonyl (C=O) groups is 2. The normalized spacial score (nSPS) is 14.9. The molecule has 34 heavy (non-hydrogen) atoms. The van der Waals surface area contributed by atoms with E-state index in [9.17, 15) is 9.59 Å². The van der Waals surface area contributed by atoms with Gasteiger partial charge in [0.15, 0.2) is 0 Å². The smallest absolute Gasteiger partial charge is 0.338 e. The fourth-order valence-corrected chi connectivity index (χ4v) is 4.47. The number of rotatable bonds is 8. The molecule has 0 bridgehead atoms. The SMILES string of the molecule is O=C(OC(CO)CO)c1ccc(-c2ccc(/C=C3/SC(=S)N(Cc4ccccc4)C3=O)o2)cc1. The molecular weight excluding hydrogens is 474 g/mol. The first kappa shape index (κ1) is 23.9. The van der Waals surface area contributed by atoms with Gasteiger partial charge in [-0.2, -0.15) is 0 Å². The van der Waals surface area contributed by atoms with Gasteiger partial charge in [0.05, 0.1) is 30.2 Å². The minimum Gasteiger partial charge on any atom is -0.457 e. The second kappa shape index (κ2) is 10.8. The molecule has 1 aliphatic heterocycles. The monoisotopic (exact) mass is 495 g/mol. The Morgan fingerprint density at radius 2 is 1.76 bits per heavy atom. The summed E-state index contributed by atoms with van der Waals surface area (Å²) >= 11 is 6.63. The lowest BCUT2D eigenvalue weighted by Gasteiger charge is -2.14. The van der Waals surface area contributed by atoms with Crippen LogP contribution in [0.2, 0.25) is 0 Å². The van der Waals surface area contributed by atoms with Crippen LogP contribution in [0.4, 0.5) is 0 Å². The molecule has 3 aromatic rings. The van der Waals surface area contributed by atoms with E-state index in [-0.39, 0.29) is 11.5 Å². The van der Waals surface area contributed by atoms with Crippen molar-refractivity contribution in [1.82, 2.24) is 4.90 Å². The maximum atomic E-state index is 12.9. The van der Waals surface area contributed by atoms with E-state index in [1.807, 2.05) is 30.3 Å². The number of aliphatic hydroxyl groups is 2. The summed E-state index contributed by atoms with van der Waals surface area (Å²) in [7, 11) is 0. The molecule has 174 valence electrons. The fraction of sp³-hybridized carbons (Fsp3) is 0.160. The lowest BCUT2D eigenvalue weighted by Crippen LogP contribution is -2.27. The molecule has 2 N–H and O–H groups in total. The first-order chi connectivity index (χ1) is 16.5. The number of thiocarbonyl (C=S) groups is 1. The minimum atomic E-state index is -0.958. The molecule has 0 radical (unpaired) electrons. The molecule has 7 nitrogen and oxygen atoms in total. The van der Waals surface area contributed by atoms with Crippen molar-refractivity contribution in [3.05, 3.63) is 88.5 Å². The Bertz CT molecular complexity index is 1220. The summed E-state index contributed by atoms with van der Waals surface area (Å²) in [5.41, 5.74) is 2.01. The van der Waals surface area contributed by atoms with E-state index < -0.39 is 25.3 Å². The molecule has 1 aromatic heterocycles. The second-order valence-electron chi connectivity index (χ2n) is 7.43. The predicted octanol–water partition coefficient (Wildman–Crippen LogP) is 3.86. The molecule has 0 saturated carbocycles. The van der Waals surface area contributed by atoms with Crippen LogP contribution in [0.1, 0.15) is 21.7 Å². The van der Waals surface area contributed by atoms with Crippen LogP contribution in [0.5, 0.6) is 0 Å². The fourth-order valence-electron chi connectivity index (χ4n) is 3.24. The molecule has 4 rings (SSSR count). The number of benzene rings is 2. The van der Waals surface area contributed by atoms with Crippen molar-refractivity contribution in [3.63, 3.8) is 0 Å². The molecule has 2 heterocycles. The van der Waals surface area contributed by atoms with Gasteiger partial charge in [0.1, 0.15) is 21.9 Å². The Balaban J connectivity index is 1.44. The Hall–Kier alpha value is -3.24. The Morgan fingerprint density at radius 3 is 2.44 bits per heavy atom. The van der Waals surface area contributed by atoms with Crippen molar-refractivity contribution in [2.24, 2.45) is 0 Å². The quantitative estimate of drug-likeness (QED) is 0.276. The Labute approximate surface area is 205 Å². The van der Waals surface area contributed by atoms with Gasteiger partial charge >= 0.3 is 5.97 Å². The number of amides is 1. The highest BCUT2D eigenvalue weighted by molar-refractivity contribution is 8.26. The number of hydrogen-bond acceptors (Lipinski definition) is 8. The summed E-state index contributed by atoms with van der Waals surface area (Å²) in [4.78, 5) is 27.0. The second-order valence-corrected chi connectivity index (χ2v) is 9.10. The predicted molar refractivity (Wildman–Crippen MR) is 133 cm³/mol. The van der Waals surface area contributed by atoms with Crippen LogP contribution in [0.25, 0.3) is 17.4 Å². The van der Waals surface area contributed by atoms with Gasteiger partial charge in [-0.15, -0.1) is 0 Å². The van der Waals surface area contributed by atoms with Gasteiger partial charge in [-0.05, 0) is 29.8 Å². The molecule has 0 unspecified atom stereocenters. The van der Waals surface area contributed by atoms with Gasteiger partial charge in [-0.1, -0.05) is 66.4 Å². The standard InChI is InChI=1S/C25H21NO6S2/c27-14-20(15-28)32-24(30)18-8-6-17(7-9-18)21-11-10-19(31-21)12-22-23(29)26(25(33)34-22)13-16-4-2-1-3-5-16/h1-12,20,27-28H,13-15H2/b22-12+. The zero-order valence-electron chi connectivity index (χ0n) is 17.9. The molecule has 2 aromatic carbocycles. The topological polar surface area (TPSA) is 100 Å². The average Bonchev–Trinajstić information content (AvgIpc) is 3.43. The summed E-state index contributed by atoms with van der Waals surface area (Å²) in [6.07, 6.45) is 0.712. The Morgan fingerprint density at radius 1 is 1.06 bits per heavy atom. The van der Waals surface area contributed by atoms with Crippen LogP contribution in [0.3, 0.4) is 0 Å². The third-order valence-corrected chi connectivity index (χ3v) is 6.42. The summed E-state index contributed by atoms with van der Waals surface area (Å²) in [6.45, 7) is -0.501. The molecule has 9 heteroatoms. The van der Waals surface area contributed by atoms with Crippen molar-refractivity contribution < 1.29 is 29.0 Å². The molecule has 1 amide bonds. The van der Waals surface area contributed by atoms with Crippen LogP contribution >= 0.6 is 24.0 Å². The Kier molecular flexibility index (Phi) is 7.59. The average molecular weight is 496 g/mol. The summed E-state index contributed by atoms with van der Waals surface area (Å²) in [5.74, 6) is 0.267. The van der Waals surface area contributed by atoms with Gasteiger partial charge in [0, 0.05) is 11.6 Å². The first-order valence-electron chi connectivity index (χ1n) is 10.4. The number of thioether (sulfide) groups is 1. The maximum Gasteiger partial charge on any atom is 0.338 e. The van der Waals surface area contributed by atoms with Crippen molar-refractivity contribution in [1.29, 1.82) is 0 Å². The van der Waals surface area contributed by atoms with Gasteiger partial charge < -0.3 is 19.4 Å². The summed E-state index contributed by atoms with van der Waals surface area (Å²) < 4.78 is 11.4. The number of nitrogens with zero attached hydrogens (tertiary/aromatic N) is 1. The van der Waals surface area contributed by atoms with Crippen molar-refractivity contribution in [3.8, 4) is 11.3 Å². The molecule has 0 atom stereocenters. The van der Waals surface area contributed by atoms with Gasteiger partial charge in [0.2, 0.25) is 0 Å². The van der Waals surface area contributed by atoms with Crippen molar-refractivity contribution in [2.75, 3.05) is 13.2 Å². The highest BCUT2D eigenvalue weighted by atomic mass is 32.2. The molecule has 1 aliphatic rings. The van der Waals surface area contributed by atoms with E-state index in [2.05, 4.69) is 0 Å². The largest absolute Gasteiger partial charge is 0.457 e. The zero-order chi connectivity index (χ0) is 24.1. The van der Waals surface area contributed by atoms with E-state index >= 15 is 0 Å². The highest BCUT2D eigenvalue weighted by Crippen LogP contribution is 2.34. The van der Waals surface area contributed by atoms with Crippen LogP contribution in [-0.2, 0) is 16.1 Å². The minimum absolute atomic E-state index is 0.163. The highest BCUT2D eigenvalue weighted by Gasteiger charge is 2.32. The van der Waals surface area contributed by atoms with Gasteiger partial charge in [0.25, 0.3) is 5.91 Å². The van der Waals surface area contributed by atoms with E-state index in [0.29, 0.717) is 27.3 Å². The summed E-state index contributed by atoms with van der Waals surface area (Å²) in [6, 6.07) is 19.7. The lowest BCUT2D eigenvalue weighted by molar-refractivity contribution is -0.122. The zero-order valence-corrected chi connectivity index (χ0v) is 19.6. The third kappa shape index (κ3) is 5.45. The number of carbonyl (C=O) groups excluding carboxylic acids is 2. The van der Waals surface area contributed by atoms with Crippen molar-refractivity contribution in [2.45, 2.75) is 12.6 Å². The number of aliphatic hydroxyl groups excluding tert-OH is 2. The van der Waals surface area contributed by atoms with E-state index in [1.54, 1.807) is 47.4 Å². The molecule has 1 saturated heterocycles. The van der Waals surface area contributed by atoms with E-state index in [1.165, 1.54) is 11.8 Å². The van der Waals surface area contributed by atoms with Gasteiger partial charge in [-0.3, -0.25) is 9.69 Å². The van der Waals surface area contributed by atoms with Crippen LogP contribution in [0.15, 0.2) is 76.1 Å². The van der Waals surface area contributed by atoms with Crippen molar-refractivity contribution >= 4 is 46.3 Å². The van der Waals surface area contributed by atoms with Gasteiger partial charge in [-0.25, -0.2) is 4.79 Å². The molecule has 0 spiro atoms. The number of esters is 1. The van der Waals surface area contributed by atoms with Crippen LogP contribution in [-0.4, -0.2) is 50.6 Å².